The first-order chi connectivity index (χ1) is 13.5. The van der Waals surface area contributed by atoms with E-state index in [1.807, 2.05) is 17.5 Å². The number of hydrazone groups is 1. The Bertz CT molecular complexity index is 1020. The van der Waals surface area contributed by atoms with Crippen LogP contribution < -0.4 is 10.2 Å². The second kappa shape index (κ2) is 9.12. The molecule has 3 rings (SSSR count). The number of hydrogen-bond donors (Lipinski definition) is 1. The number of nitro groups is 1. The number of halogens is 1. The van der Waals surface area contributed by atoms with Gasteiger partial charge >= 0.3 is 5.69 Å². The van der Waals surface area contributed by atoms with E-state index in [1.165, 1.54) is 29.7 Å². The van der Waals surface area contributed by atoms with E-state index in [2.05, 4.69) is 10.5 Å². The number of thiophene rings is 1. The number of hydrogen-bond acceptors (Lipinski definition) is 6. The van der Waals surface area contributed by atoms with Gasteiger partial charge in [0, 0.05) is 16.5 Å². The Balaban J connectivity index is 1.70. The molecule has 0 saturated heterocycles. The van der Waals surface area contributed by atoms with E-state index in [0.29, 0.717) is 16.3 Å². The predicted molar refractivity (Wildman–Crippen MR) is 108 cm³/mol. The lowest BCUT2D eigenvalue weighted by molar-refractivity contribution is -0.385. The molecule has 0 unspecified atom stereocenters. The van der Waals surface area contributed by atoms with E-state index in [9.17, 15) is 14.9 Å². The molecule has 1 aromatic heterocycles. The zero-order valence-electron chi connectivity index (χ0n) is 14.4. The number of nitro benzene ring substituents is 1. The van der Waals surface area contributed by atoms with Crippen LogP contribution in [0, 0.1) is 10.1 Å². The summed E-state index contributed by atoms with van der Waals surface area (Å²) >= 11 is 7.51. The van der Waals surface area contributed by atoms with Gasteiger partial charge in [0.15, 0.2) is 0 Å². The highest BCUT2D eigenvalue weighted by Gasteiger charge is 2.17. The van der Waals surface area contributed by atoms with Crippen LogP contribution in [0.4, 0.5) is 5.69 Å². The molecule has 7 nitrogen and oxygen atoms in total. The lowest BCUT2D eigenvalue weighted by Gasteiger charge is -2.08. The van der Waals surface area contributed by atoms with Gasteiger partial charge in [0.05, 0.1) is 22.6 Å². The Morgan fingerprint density at radius 1 is 1.21 bits per heavy atom. The Hall–Kier alpha value is -3.23. The van der Waals surface area contributed by atoms with Crippen molar-refractivity contribution in [1.29, 1.82) is 0 Å². The minimum atomic E-state index is -0.557. The fourth-order valence-corrected chi connectivity index (χ4v) is 3.16. The maximum absolute atomic E-state index is 11.8. The maximum Gasteiger partial charge on any atom is 0.312 e. The zero-order chi connectivity index (χ0) is 19.9. The summed E-state index contributed by atoms with van der Waals surface area (Å²) in [5, 5.41) is 17.5. The summed E-state index contributed by atoms with van der Waals surface area (Å²) in [5.41, 5.74) is 2.60. The first kappa shape index (κ1) is 19.5. The number of amides is 1. The van der Waals surface area contributed by atoms with E-state index in [4.69, 9.17) is 16.3 Å². The van der Waals surface area contributed by atoms with Gasteiger partial charge in [0.1, 0.15) is 5.75 Å². The van der Waals surface area contributed by atoms with E-state index in [-0.39, 0.29) is 23.8 Å². The van der Waals surface area contributed by atoms with Gasteiger partial charge in [-0.2, -0.15) is 5.10 Å². The average Bonchev–Trinajstić information content (AvgIpc) is 3.17. The summed E-state index contributed by atoms with van der Waals surface area (Å²) in [7, 11) is 0. The van der Waals surface area contributed by atoms with Gasteiger partial charge in [-0.3, -0.25) is 14.9 Å². The second-order valence-electron chi connectivity index (χ2n) is 5.57. The zero-order valence-corrected chi connectivity index (χ0v) is 15.9. The van der Waals surface area contributed by atoms with Crippen LogP contribution in [-0.4, -0.2) is 17.0 Å². The number of para-hydroxylation sites is 1. The van der Waals surface area contributed by atoms with Crippen LogP contribution >= 0.6 is 22.9 Å². The van der Waals surface area contributed by atoms with Crippen LogP contribution in [0.5, 0.6) is 11.5 Å². The van der Waals surface area contributed by atoms with Crippen molar-refractivity contribution in [2.24, 2.45) is 5.10 Å². The third-order valence-electron chi connectivity index (χ3n) is 3.55. The molecule has 0 saturated carbocycles. The number of rotatable bonds is 7. The molecule has 0 radical (unpaired) electrons. The summed E-state index contributed by atoms with van der Waals surface area (Å²) in [5.74, 6) is 0.0957. The fraction of sp³-hybridized carbons (Fsp3) is 0.0526. The van der Waals surface area contributed by atoms with Crippen molar-refractivity contribution in [3.05, 3.63) is 85.6 Å². The van der Waals surface area contributed by atoms with Crippen molar-refractivity contribution in [3.63, 3.8) is 0 Å². The highest BCUT2D eigenvalue weighted by atomic mass is 35.5. The Morgan fingerprint density at radius 3 is 2.75 bits per heavy atom. The van der Waals surface area contributed by atoms with Gasteiger partial charge in [-0.25, -0.2) is 5.43 Å². The van der Waals surface area contributed by atoms with Crippen molar-refractivity contribution < 1.29 is 14.5 Å². The summed E-state index contributed by atoms with van der Waals surface area (Å²) in [4.78, 5) is 23.6. The molecule has 9 heteroatoms. The molecule has 0 bridgehead atoms. The number of carbonyl (C=O) groups excluding carboxylic acids is 1. The van der Waals surface area contributed by atoms with Crippen molar-refractivity contribution in [3.8, 4) is 11.5 Å². The molecule has 28 heavy (non-hydrogen) atoms. The molecule has 0 atom stereocenters. The van der Waals surface area contributed by atoms with Crippen molar-refractivity contribution in [2.45, 2.75) is 6.42 Å². The number of nitrogens with zero attached hydrogens (tertiary/aromatic N) is 2. The van der Waals surface area contributed by atoms with Gasteiger partial charge in [-0.1, -0.05) is 29.8 Å². The molecule has 1 heterocycles. The van der Waals surface area contributed by atoms with Crippen LogP contribution in [0.15, 0.2) is 65.1 Å². The van der Waals surface area contributed by atoms with Crippen LogP contribution in [0.2, 0.25) is 5.02 Å². The molecular weight excluding hydrogens is 402 g/mol. The van der Waals surface area contributed by atoms with Gasteiger partial charge in [0.25, 0.3) is 0 Å². The Morgan fingerprint density at radius 2 is 2.04 bits per heavy atom. The predicted octanol–water partition coefficient (Wildman–Crippen LogP) is 4.79. The third-order valence-corrected chi connectivity index (χ3v) is 4.74. The molecule has 0 spiro atoms. The molecule has 0 aliphatic heterocycles. The SMILES string of the molecule is O=C(Cc1cccs1)N/N=C/c1ccc(Oc2ccccc2Cl)c([N+](=O)[O-])c1. The van der Waals surface area contributed by atoms with E-state index >= 15 is 0 Å². The smallest absolute Gasteiger partial charge is 0.312 e. The molecule has 0 fully saturated rings. The highest BCUT2D eigenvalue weighted by Crippen LogP contribution is 2.35. The molecule has 3 aromatic rings. The minimum absolute atomic E-state index is 0.0528. The van der Waals surface area contributed by atoms with E-state index < -0.39 is 4.92 Å². The van der Waals surface area contributed by atoms with Gasteiger partial charge in [-0.15, -0.1) is 11.3 Å². The quantitative estimate of drug-likeness (QED) is 0.341. The molecule has 2 aromatic carbocycles. The van der Waals surface area contributed by atoms with Crippen molar-refractivity contribution >= 4 is 40.7 Å². The molecule has 0 aliphatic carbocycles. The molecule has 142 valence electrons. The minimum Gasteiger partial charge on any atom is -0.449 e. The summed E-state index contributed by atoms with van der Waals surface area (Å²) in [6, 6.07) is 14.8. The van der Waals surface area contributed by atoms with Crippen LogP contribution in [0.25, 0.3) is 0 Å². The summed E-state index contributed by atoms with van der Waals surface area (Å²) < 4.78 is 5.57. The van der Waals surface area contributed by atoms with Gasteiger partial charge < -0.3 is 4.74 Å². The standard InChI is InChI=1S/C19H14ClN3O4S/c20-15-5-1-2-6-17(15)27-18-8-7-13(10-16(18)23(25)26)12-21-22-19(24)11-14-4-3-9-28-14/h1-10,12H,11H2,(H,22,24)/b21-12+. The third kappa shape index (κ3) is 5.15. The maximum atomic E-state index is 11.8. The summed E-state index contributed by atoms with van der Waals surface area (Å²) in [6.45, 7) is 0. The highest BCUT2D eigenvalue weighted by molar-refractivity contribution is 7.10. The second-order valence-corrected chi connectivity index (χ2v) is 7.01. The van der Waals surface area contributed by atoms with Crippen LogP contribution in [-0.2, 0) is 11.2 Å². The van der Waals surface area contributed by atoms with Gasteiger partial charge in [-0.05, 0) is 35.7 Å². The number of carbonyl (C=O) groups is 1. The molecular formula is C19H14ClN3O4S. The van der Waals surface area contributed by atoms with E-state index in [1.54, 1.807) is 30.3 Å². The van der Waals surface area contributed by atoms with Crippen molar-refractivity contribution in [2.75, 3.05) is 0 Å². The normalized spacial score (nSPS) is 10.8. The Kier molecular flexibility index (Phi) is 6.36. The summed E-state index contributed by atoms with van der Waals surface area (Å²) in [6.07, 6.45) is 1.55. The monoisotopic (exact) mass is 415 g/mol. The van der Waals surface area contributed by atoms with Crippen molar-refractivity contribution in [1.82, 2.24) is 5.43 Å². The largest absolute Gasteiger partial charge is 0.449 e. The van der Waals surface area contributed by atoms with Crippen LogP contribution in [0.1, 0.15) is 10.4 Å². The first-order valence-electron chi connectivity index (χ1n) is 8.08. The lowest BCUT2D eigenvalue weighted by atomic mass is 10.2. The van der Waals surface area contributed by atoms with Crippen LogP contribution in [0.3, 0.4) is 0 Å². The molecule has 1 amide bonds. The average molecular weight is 416 g/mol. The molecule has 1 N–H and O–H groups in total. The lowest BCUT2D eigenvalue weighted by Crippen LogP contribution is -2.19. The van der Waals surface area contributed by atoms with E-state index in [0.717, 1.165) is 4.88 Å². The van der Waals surface area contributed by atoms with Gasteiger partial charge in [0.2, 0.25) is 11.7 Å². The Labute approximate surface area is 169 Å². The topological polar surface area (TPSA) is 93.8 Å². The fourth-order valence-electron chi connectivity index (χ4n) is 2.28. The first-order valence-corrected chi connectivity index (χ1v) is 9.34. The number of nitrogens with one attached hydrogen (secondary N) is 1. The molecule has 0 aliphatic rings. The number of benzene rings is 2. The number of ether oxygens (including phenoxy) is 1.